The summed E-state index contributed by atoms with van der Waals surface area (Å²) < 4.78 is 27.2. The molecule has 0 unspecified atom stereocenters. The second-order valence-corrected chi connectivity index (χ2v) is 8.68. The highest BCUT2D eigenvalue weighted by molar-refractivity contribution is 7.89. The minimum absolute atomic E-state index is 0.180. The second kappa shape index (κ2) is 8.01. The molecule has 0 radical (unpaired) electrons. The van der Waals surface area contributed by atoms with Crippen molar-refractivity contribution in [2.75, 3.05) is 18.4 Å². The Morgan fingerprint density at radius 2 is 1.65 bits per heavy atom. The van der Waals surface area contributed by atoms with Crippen molar-refractivity contribution >= 4 is 21.6 Å². The average molecular weight is 372 g/mol. The van der Waals surface area contributed by atoms with Gasteiger partial charge in [0.2, 0.25) is 15.9 Å². The van der Waals surface area contributed by atoms with Crippen molar-refractivity contribution in [1.29, 1.82) is 0 Å². The van der Waals surface area contributed by atoms with Crippen LogP contribution in [0, 0.1) is 5.92 Å². The fourth-order valence-electron chi connectivity index (χ4n) is 3.36. The van der Waals surface area contributed by atoms with Crippen molar-refractivity contribution < 1.29 is 13.2 Å². The van der Waals surface area contributed by atoms with Crippen LogP contribution in [0.2, 0.25) is 0 Å². The molecule has 1 amide bonds. The molecule has 3 rings (SSSR count). The Balaban J connectivity index is 1.61. The number of carbonyl (C=O) groups excluding carboxylic acids is 1. The van der Waals surface area contributed by atoms with E-state index in [1.165, 1.54) is 12.5 Å². The molecule has 0 spiro atoms. The van der Waals surface area contributed by atoms with Gasteiger partial charge in [0.05, 0.1) is 4.90 Å². The van der Waals surface area contributed by atoms with Crippen LogP contribution in [0.15, 0.2) is 59.5 Å². The molecule has 2 aromatic rings. The molecule has 1 aliphatic heterocycles. The van der Waals surface area contributed by atoms with Crippen molar-refractivity contribution in [2.45, 2.75) is 31.1 Å². The van der Waals surface area contributed by atoms with E-state index in [1.54, 1.807) is 28.6 Å². The average Bonchev–Trinajstić information content (AvgIpc) is 2.63. The third-order valence-electron chi connectivity index (χ3n) is 4.75. The molecule has 0 bridgehead atoms. The van der Waals surface area contributed by atoms with Crippen molar-refractivity contribution in [2.24, 2.45) is 5.92 Å². The highest BCUT2D eigenvalue weighted by atomic mass is 32.2. The molecule has 0 atom stereocenters. The first kappa shape index (κ1) is 18.6. The summed E-state index contributed by atoms with van der Waals surface area (Å²) in [6, 6.07) is 16.7. The maximum absolute atomic E-state index is 12.8. The smallest absolute Gasteiger partial charge is 0.243 e. The van der Waals surface area contributed by atoms with Gasteiger partial charge in [-0.25, -0.2) is 8.42 Å². The van der Waals surface area contributed by atoms with Crippen LogP contribution < -0.4 is 5.32 Å². The Hall–Kier alpha value is -2.18. The second-order valence-electron chi connectivity index (χ2n) is 6.74. The molecule has 0 aromatic heterocycles. The highest BCUT2D eigenvalue weighted by Crippen LogP contribution is 2.26. The maximum Gasteiger partial charge on any atom is 0.243 e. The summed E-state index contributed by atoms with van der Waals surface area (Å²) in [5.74, 6) is 0.340. The largest absolute Gasteiger partial charge is 0.326 e. The van der Waals surface area contributed by atoms with Gasteiger partial charge in [-0.15, -0.1) is 0 Å². The molecule has 1 saturated heterocycles. The lowest BCUT2D eigenvalue weighted by molar-refractivity contribution is -0.114. The number of nitrogens with one attached hydrogen (secondary N) is 1. The lowest BCUT2D eigenvalue weighted by Crippen LogP contribution is -2.38. The van der Waals surface area contributed by atoms with Gasteiger partial charge in [-0.05, 0) is 55.0 Å². The van der Waals surface area contributed by atoms with Gasteiger partial charge in [-0.1, -0.05) is 30.3 Å². The third-order valence-corrected chi connectivity index (χ3v) is 6.67. The van der Waals surface area contributed by atoms with E-state index >= 15 is 0 Å². The molecule has 0 saturated carbocycles. The summed E-state index contributed by atoms with van der Waals surface area (Å²) in [6.45, 7) is 2.52. The van der Waals surface area contributed by atoms with E-state index in [9.17, 15) is 13.2 Å². The van der Waals surface area contributed by atoms with Crippen molar-refractivity contribution in [3.63, 3.8) is 0 Å². The van der Waals surface area contributed by atoms with Gasteiger partial charge in [0.1, 0.15) is 0 Å². The van der Waals surface area contributed by atoms with E-state index in [2.05, 4.69) is 17.4 Å². The van der Waals surface area contributed by atoms with E-state index in [0.29, 0.717) is 24.7 Å². The van der Waals surface area contributed by atoms with Gasteiger partial charge in [-0.3, -0.25) is 4.79 Å². The topological polar surface area (TPSA) is 66.5 Å². The van der Waals surface area contributed by atoms with Gasteiger partial charge in [0, 0.05) is 25.7 Å². The molecule has 5 nitrogen and oxygen atoms in total. The zero-order valence-electron chi connectivity index (χ0n) is 14.9. The molecule has 0 aliphatic carbocycles. The number of piperidine rings is 1. The number of benzene rings is 2. The van der Waals surface area contributed by atoms with Crippen LogP contribution in [0.25, 0.3) is 0 Å². The van der Waals surface area contributed by atoms with Gasteiger partial charge in [0.25, 0.3) is 0 Å². The first-order valence-electron chi connectivity index (χ1n) is 8.87. The fourth-order valence-corrected chi connectivity index (χ4v) is 4.83. The van der Waals surface area contributed by atoms with E-state index < -0.39 is 10.0 Å². The predicted octanol–water partition coefficient (Wildman–Crippen LogP) is 3.29. The lowest BCUT2D eigenvalue weighted by Gasteiger charge is -2.31. The Kier molecular flexibility index (Phi) is 5.74. The van der Waals surface area contributed by atoms with Crippen molar-refractivity contribution in [3.05, 3.63) is 60.2 Å². The lowest BCUT2D eigenvalue weighted by atomic mass is 9.91. The molecule has 2 aromatic carbocycles. The Bertz CT molecular complexity index is 840. The van der Waals surface area contributed by atoms with Crippen LogP contribution in [0.1, 0.15) is 25.3 Å². The summed E-state index contributed by atoms with van der Waals surface area (Å²) >= 11 is 0. The number of carbonyl (C=O) groups is 1. The SMILES string of the molecule is CC(=O)Nc1ccc(S(=O)(=O)N2CCC(Cc3ccccc3)CC2)cc1. The monoisotopic (exact) mass is 372 g/mol. The van der Waals surface area contributed by atoms with Crippen LogP contribution >= 0.6 is 0 Å². The van der Waals surface area contributed by atoms with E-state index in [1.807, 2.05) is 18.2 Å². The molecular formula is C20H24N2O3S. The number of hydrogen-bond acceptors (Lipinski definition) is 3. The number of sulfonamides is 1. The normalized spacial score (nSPS) is 16.3. The minimum atomic E-state index is -3.48. The third kappa shape index (κ3) is 4.51. The zero-order chi connectivity index (χ0) is 18.6. The molecule has 6 heteroatoms. The number of amides is 1. The molecule has 1 N–H and O–H groups in total. The molecular weight excluding hydrogens is 348 g/mol. The predicted molar refractivity (Wildman–Crippen MR) is 102 cm³/mol. The highest BCUT2D eigenvalue weighted by Gasteiger charge is 2.29. The first-order chi connectivity index (χ1) is 12.4. The van der Waals surface area contributed by atoms with E-state index in [4.69, 9.17) is 0 Å². The van der Waals surface area contributed by atoms with Crippen molar-refractivity contribution in [1.82, 2.24) is 4.31 Å². The minimum Gasteiger partial charge on any atom is -0.326 e. The first-order valence-corrected chi connectivity index (χ1v) is 10.3. The van der Waals surface area contributed by atoms with Gasteiger partial charge >= 0.3 is 0 Å². The van der Waals surface area contributed by atoms with Crippen LogP contribution in [0.5, 0.6) is 0 Å². The fraction of sp³-hybridized carbons (Fsp3) is 0.350. The van der Waals surface area contributed by atoms with Crippen LogP contribution in [-0.2, 0) is 21.2 Å². The summed E-state index contributed by atoms with van der Waals surface area (Å²) in [7, 11) is -3.48. The molecule has 1 heterocycles. The van der Waals surface area contributed by atoms with E-state index in [0.717, 1.165) is 19.3 Å². The summed E-state index contributed by atoms with van der Waals surface area (Å²) in [4.78, 5) is 11.3. The number of nitrogens with zero attached hydrogens (tertiary/aromatic N) is 1. The van der Waals surface area contributed by atoms with Crippen LogP contribution in [0.3, 0.4) is 0 Å². The molecule has 138 valence electrons. The van der Waals surface area contributed by atoms with Crippen LogP contribution in [0.4, 0.5) is 5.69 Å². The number of anilines is 1. The molecule has 26 heavy (non-hydrogen) atoms. The van der Waals surface area contributed by atoms with E-state index in [-0.39, 0.29) is 10.8 Å². The van der Waals surface area contributed by atoms with Crippen LogP contribution in [-0.4, -0.2) is 31.7 Å². The molecule has 1 aliphatic rings. The molecule has 1 fully saturated rings. The Morgan fingerprint density at radius 1 is 1.04 bits per heavy atom. The zero-order valence-corrected chi connectivity index (χ0v) is 15.7. The Labute approximate surface area is 155 Å². The number of rotatable bonds is 5. The van der Waals surface area contributed by atoms with Crippen molar-refractivity contribution in [3.8, 4) is 0 Å². The summed E-state index contributed by atoms with van der Waals surface area (Å²) in [5, 5.41) is 2.64. The summed E-state index contributed by atoms with van der Waals surface area (Å²) in [6.07, 6.45) is 2.75. The number of hydrogen-bond donors (Lipinski definition) is 1. The Morgan fingerprint density at radius 3 is 2.23 bits per heavy atom. The quantitative estimate of drug-likeness (QED) is 0.876. The summed E-state index contributed by atoms with van der Waals surface area (Å²) in [5.41, 5.74) is 1.90. The maximum atomic E-state index is 12.8. The van der Waals surface area contributed by atoms with Gasteiger partial charge in [-0.2, -0.15) is 4.31 Å². The van der Waals surface area contributed by atoms with Gasteiger partial charge in [0.15, 0.2) is 0 Å². The standard InChI is InChI=1S/C20H24N2O3S/c1-16(23)21-19-7-9-20(10-8-19)26(24,25)22-13-11-18(12-14-22)15-17-5-3-2-4-6-17/h2-10,18H,11-15H2,1H3,(H,21,23). The van der Waals surface area contributed by atoms with Gasteiger partial charge < -0.3 is 5.32 Å².